The van der Waals surface area contributed by atoms with Crippen LogP contribution in [0.1, 0.15) is 17.2 Å². The molecule has 0 amide bonds. The monoisotopic (exact) mass is 291 g/mol. The van der Waals surface area contributed by atoms with E-state index < -0.39 is 0 Å². The summed E-state index contributed by atoms with van der Waals surface area (Å²) < 4.78 is 10.8. The summed E-state index contributed by atoms with van der Waals surface area (Å²) in [4.78, 5) is 0. The number of rotatable bonds is 5. The second-order valence-corrected chi connectivity index (χ2v) is 4.89. The highest BCUT2D eigenvalue weighted by Gasteiger charge is 2.18. The third-order valence-corrected chi connectivity index (χ3v) is 3.60. The van der Waals surface area contributed by atoms with E-state index in [0.29, 0.717) is 6.42 Å². The van der Waals surface area contributed by atoms with Gasteiger partial charge in [-0.1, -0.05) is 35.9 Å². The van der Waals surface area contributed by atoms with Crippen LogP contribution >= 0.6 is 11.6 Å². The summed E-state index contributed by atoms with van der Waals surface area (Å²) >= 11 is 6.19. The zero-order chi connectivity index (χ0) is 14.5. The zero-order valence-corrected chi connectivity index (χ0v) is 12.4. The first kappa shape index (κ1) is 14.7. The number of ether oxygens (including phenoxy) is 2. The Hall–Kier alpha value is -1.71. The molecule has 2 aromatic rings. The first-order valence-corrected chi connectivity index (χ1v) is 6.75. The average molecular weight is 292 g/mol. The number of benzene rings is 2. The molecule has 3 nitrogen and oxygen atoms in total. The predicted octanol–water partition coefficient (Wildman–Crippen LogP) is 3.60. The van der Waals surface area contributed by atoms with Crippen molar-refractivity contribution >= 4 is 11.6 Å². The van der Waals surface area contributed by atoms with E-state index in [2.05, 4.69) is 0 Å². The van der Waals surface area contributed by atoms with Gasteiger partial charge in [-0.3, -0.25) is 0 Å². The normalized spacial score (nSPS) is 12.0. The second-order valence-electron chi connectivity index (χ2n) is 4.48. The van der Waals surface area contributed by atoms with Crippen LogP contribution in [0.5, 0.6) is 11.5 Å². The highest BCUT2D eigenvalue weighted by Crippen LogP contribution is 2.35. The summed E-state index contributed by atoms with van der Waals surface area (Å²) in [6, 6.07) is 13.1. The molecular weight excluding hydrogens is 274 g/mol. The van der Waals surface area contributed by atoms with E-state index in [0.717, 1.165) is 27.6 Å². The molecule has 4 heteroatoms. The lowest BCUT2D eigenvalue weighted by atomic mass is 9.98. The van der Waals surface area contributed by atoms with Gasteiger partial charge in [-0.2, -0.15) is 0 Å². The molecule has 106 valence electrons. The molecule has 0 aliphatic carbocycles. The first-order valence-electron chi connectivity index (χ1n) is 6.37. The highest BCUT2D eigenvalue weighted by atomic mass is 35.5. The molecule has 2 rings (SSSR count). The molecule has 0 radical (unpaired) electrons. The number of nitrogens with two attached hydrogens (primary N) is 1. The van der Waals surface area contributed by atoms with Gasteiger partial charge in [0, 0.05) is 11.1 Å². The first-order chi connectivity index (χ1) is 9.67. The van der Waals surface area contributed by atoms with Gasteiger partial charge in [-0.15, -0.1) is 0 Å². The lowest BCUT2D eigenvalue weighted by Gasteiger charge is -2.19. The van der Waals surface area contributed by atoms with Crippen molar-refractivity contribution in [3.05, 3.63) is 58.6 Å². The van der Waals surface area contributed by atoms with Crippen LogP contribution in [0.15, 0.2) is 42.5 Å². The lowest BCUT2D eigenvalue weighted by molar-refractivity contribution is 0.379. The molecule has 1 atom stereocenters. The zero-order valence-electron chi connectivity index (χ0n) is 11.6. The predicted molar refractivity (Wildman–Crippen MR) is 81.6 cm³/mol. The van der Waals surface area contributed by atoms with Gasteiger partial charge in [0.05, 0.1) is 19.8 Å². The van der Waals surface area contributed by atoms with Crippen LogP contribution in [0.25, 0.3) is 0 Å². The van der Waals surface area contributed by atoms with Crippen molar-refractivity contribution in [3.63, 3.8) is 0 Å². The van der Waals surface area contributed by atoms with E-state index in [-0.39, 0.29) is 6.04 Å². The van der Waals surface area contributed by atoms with Crippen molar-refractivity contribution in [1.82, 2.24) is 0 Å². The van der Waals surface area contributed by atoms with Crippen LogP contribution in [0, 0.1) is 0 Å². The maximum Gasteiger partial charge on any atom is 0.127 e. The van der Waals surface area contributed by atoms with Gasteiger partial charge in [0.1, 0.15) is 11.5 Å². The minimum atomic E-state index is -0.249. The third-order valence-electron chi connectivity index (χ3n) is 3.23. The Morgan fingerprint density at radius 1 is 1.00 bits per heavy atom. The number of halogens is 1. The minimum absolute atomic E-state index is 0.249. The average Bonchev–Trinajstić information content (AvgIpc) is 2.48. The smallest absolute Gasteiger partial charge is 0.127 e. The standard InChI is InChI=1S/C16H18ClNO2/c1-19-14-8-5-9-15(20-2)16(14)13(18)10-11-6-3-4-7-12(11)17/h3-9,13H,10,18H2,1-2H3. The maximum absolute atomic E-state index is 6.33. The van der Waals surface area contributed by atoms with Crippen molar-refractivity contribution in [3.8, 4) is 11.5 Å². The van der Waals surface area contributed by atoms with Crippen molar-refractivity contribution in [1.29, 1.82) is 0 Å². The fourth-order valence-corrected chi connectivity index (χ4v) is 2.46. The molecule has 20 heavy (non-hydrogen) atoms. The molecule has 0 fully saturated rings. The van der Waals surface area contributed by atoms with E-state index in [1.165, 1.54) is 0 Å². The van der Waals surface area contributed by atoms with Crippen molar-refractivity contribution < 1.29 is 9.47 Å². The summed E-state index contributed by atoms with van der Waals surface area (Å²) in [5.74, 6) is 1.45. The summed E-state index contributed by atoms with van der Waals surface area (Å²) in [5.41, 5.74) is 8.20. The van der Waals surface area contributed by atoms with Crippen LogP contribution < -0.4 is 15.2 Å². The number of hydrogen-bond acceptors (Lipinski definition) is 3. The van der Waals surface area contributed by atoms with E-state index in [4.69, 9.17) is 26.8 Å². The summed E-state index contributed by atoms with van der Waals surface area (Å²) in [5, 5.41) is 0.719. The van der Waals surface area contributed by atoms with Crippen molar-refractivity contribution in [2.45, 2.75) is 12.5 Å². The van der Waals surface area contributed by atoms with Crippen LogP contribution in [0.2, 0.25) is 5.02 Å². The van der Waals surface area contributed by atoms with Gasteiger partial charge in [0.2, 0.25) is 0 Å². The fourth-order valence-electron chi connectivity index (χ4n) is 2.25. The molecule has 2 aromatic carbocycles. The molecule has 0 heterocycles. The Morgan fingerprint density at radius 2 is 1.60 bits per heavy atom. The number of methoxy groups -OCH3 is 2. The van der Waals surface area contributed by atoms with Gasteiger partial charge in [-0.05, 0) is 30.2 Å². The molecule has 0 saturated carbocycles. The molecule has 0 aromatic heterocycles. The fraction of sp³-hybridized carbons (Fsp3) is 0.250. The van der Waals surface area contributed by atoms with Crippen LogP contribution in [0.4, 0.5) is 0 Å². The van der Waals surface area contributed by atoms with E-state index in [1.807, 2.05) is 42.5 Å². The Morgan fingerprint density at radius 3 is 2.15 bits per heavy atom. The highest BCUT2D eigenvalue weighted by molar-refractivity contribution is 6.31. The van der Waals surface area contributed by atoms with Crippen molar-refractivity contribution in [2.75, 3.05) is 14.2 Å². The second kappa shape index (κ2) is 6.64. The van der Waals surface area contributed by atoms with Gasteiger partial charge >= 0.3 is 0 Å². The Kier molecular flexibility index (Phi) is 4.88. The third kappa shape index (κ3) is 3.06. The van der Waals surface area contributed by atoms with Gasteiger partial charge in [-0.25, -0.2) is 0 Å². The van der Waals surface area contributed by atoms with E-state index in [1.54, 1.807) is 14.2 Å². The van der Waals surface area contributed by atoms with Crippen LogP contribution in [-0.2, 0) is 6.42 Å². The van der Waals surface area contributed by atoms with Crippen LogP contribution in [-0.4, -0.2) is 14.2 Å². The summed E-state index contributed by atoms with van der Waals surface area (Å²) in [6.45, 7) is 0. The SMILES string of the molecule is COc1cccc(OC)c1C(N)Cc1ccccc1Cl. The van der Waals surface area contributed by atoms with Crippen LogP contribution in [0.3, 0.4) is 0 Å². The van der Waals surface area contributed by atoms with Gasteiger partial charge < -0.3 is 15.2 Å². The minimum Gasteiger partial charge on any atom is -0.496 e. The lowest BCUT2D eigenvalue weighted by Crippen LogP contribution is -2.16. The molecule has 0 aliphatic rings. The molecular formula is C16H18ClNO2. The van der Waals surface area contributed by atoms with E-state index >= 15 is 0 Å². The van der Waals surface area contributed by atoms with E-state index in [9.17, 15) is 0 Å². The molecule has 0 saturated heterocycles. The van der Waals surface area contributed by atoms with Crippen molar-refractivity contribution in [2.24, 2.45) is 5.73 Å². The topological polar surface area (TPSA) is 44.5 Å². The Labute approximate surface area is 124 Å². The molecule has 2 N–H and O–H groups in total. The maximum atomic E-state index is 6.33. The summed E-state index contributed by atoms with van der Waals surface area (Å²) in [6.07, 6.45) is 0.621. The molecule has 0 aliphatic heterocycles. The molecule has 0 spiro atoms. The molecule has 0 bridgehead atoms. The van der Waals surface area contributed by atoms with Gasteiger partial charge in [0.15, 0.2) is 0 Å². The Balaban J connectivity index is 2.34. The Bertz CT molecular complexity index is 564. The quantitative estimate of drug-likeness (QED) is 0.915. The largest absolute Gasteiger partial charge is 0.496 e. The summed E-state index contributed by atoms with van der Waals surface area (Å²) in [7, 11) is 3.25. The number of hydrogen-bond donors (Lipinski definition) is 1. The molecule has 1 unspecified atom stereocenters. The van der Waals surface area contributed by atoms with Gasteiger partial charge in [0.25, 0.3) is 0 Å².